The molecule has 2 aliphatic heterocycles. The van der Waals surface area contributed by atoms with Crippen molar-refractivity contribution in [2.75, 3.05) is 6.73 Å². The molecular weight excluding hydrogens is 321 g/mol. The van der Waals surface area contributed by atoms with Gasteiger partial charge in [-0.1, -0.05) is 12.1 Å². The number of rotatable bonds is 2. The second-order valence-electron chi connectivity index (χ2n) is 6.53. The van der Waals surface area contributed by atoms with Gasteiger partial charge in [0.15, 0.2) is 5.76 Å². The Morgan fingerprint density at radius 2 is 2.08 bits per heavy atom. The van der Waals surface area contributed by atoms with Crippen LogP contribution in [0.1, 0.15) is 35.3 Å². The molecule has 0 saturated heterocycles. The molecule has 2 aliphatic rings. The molecule has 25 heavy (non-hydrogen) atoms. The second kappa shape index (κ2) is 6.01. The van der Waals surface area contributed by atoms with E-state index in [9.17, 15) is 9.18 Å². The lowest BCUT2D eigenvalue weighted by Gasteiger charge is -2.32. The maximum atomic E-state index is 13.4. The number of halogens is 1. The van der Waals surface area contributed by atoms with Gasteiger partial charge in [0.1, 0.15) is 24.0 Å². The van der Waals surface area contributed by atoms with Gasteiger partial charge < -0.3 is 9.47 Å². The Kier molecular flexibility index (Phi) is 3.81. The number of allylic oxidation sites excluding steroid dienone is 1. The van der Waals surface area contributed by atoms with E-state index in [2.05, 4.69) is 18.7 Å². The van der Waals surface area contributed by atoms with Crippen LogP contribution in [-0.4, -0.2) is 23.5 Å². The summed E-state index contributed by atoms with van der Waals surface area (Å²) in [7, 11) is 0. The Balaban J connectivity index is 1.71. The van der Waals surface area contributed by atoms with Crippen LogP contribution < -0.4 is 9.47 Å². The molecule has 0 saturated carbocycles. The Morgan fingerprint density at radius 3 is 2.84 bits per heavy atom. The van der Waals surface area contributed by atoms with Crippen molar-refractivity contribution < 1.29 is 18.7 Å². The zero-order valence-corrected chi connectivity index (χ0v) is 14.1. The largest absolute Gasteiger partial charge is 0.478 e. The highest BCUT2D eigenvalue weighted by Gasteiger charge is 2.33. The quantitative estimate of drug-likeness (QED) is 0.775. The van der Waals surface area contributed by atoms with Gasteiger partial charge in [-0.3, -0.25) is 9.69 Å². The number of fused-ring (bicyclic) bond motifs is 3. The summed E-state index contributed by atoms with van der Waals surface area (Å²) in [6.07, 6.45) is 1.57. The topological polar surface area (TPSA) is 38.8 Å². The summed E-state index contributed by atoms with van der Waals surface area (Å²) in [5, 5.41) is 0. The van der Waals surface area contributed by atoms with Crippen LogP contribution in [0.15, 0.2) is 42.2 Å². The summed E-state index contributed by atoms with van der Waals surface area (Å²) in [6.45, 7) is 5.37. The van der Waals surface area contributed by atoms with Crippen molar-refractivity contribution in [3.63, 3.8) is 0 Å². The van der Waals surface area contributed by atoms with E-state index in [0.717, 1.165) is 11.3 Å². The van der Waals surface area contributed by atoms with Crippen molar-refractivity contribution in [1.82, 2.24) is 4.90 Å². The number of hydrogen-bond acceptors (Lipinski definition) is 4. The molecule has 2 heterocycles. The average molecular weight is 339 g/mol. The zero-order chi connectivity index (χ0) is 17.6. The second-order valence-corrected chi connectivity index (χ2v) is 6.53. The monoisotopic (exact) mass is 339 g/mol. The first kappa shape index (κ1) is 15.8. The van der Waals surface area contributed by atoms with Crippen molar-refractivity contribution in [2.45, 2.75) is 26.4 Å². The summed E-state index contributed by atoms with van der Waals surface area (Å²) in [5.74, 6) is 0.959. The SMILES string of the molecule is CC(C)N1COc2ccc3c(c2C1)O/C(=C/c1cccc(F)c1)C3=O. The first-order valence-electron chi connectivity index (χ1n) is 8.25. The molecule has 0 spiro atoms. The molecule has 0 aliphatic carbocycles. The Labute approximate surface area is 145 Å². The fourth-order valence-electron chi connectivity index (χ4n) is 3.05. The van der Waals surface area contributed by atoms with Crippen LogP contribution in [0.5, 0.6) is 11.5 Å². The highest BCUT2D eigenvalue weighted by molar-refractivity contribution is 6.15. The molecule has 4 nitrogen and oxygen atoms in total. The van der Waals surface area contributed by atoms with Crippen LogP contribution in [0.4, 0.5) is 4.39 Å². The summed E-state index contributed by atoms with van der Waals surface area (Å²) in [6, 6.07) is 9.93. The third-order valence-corrected chi connectivity index (χ3v) is 4.52. The van der Waals surface area contributed by atoms with Crippen LogP contribution in [0, 0.1) is 5.82 Å². The Bertz CT molecular complexity index is 889. The van der Waals surface area contributed by atoms with Crippen LogP contribution in [-0.2, 0) is 6.54 Å². The molecule has 4 rings (SSSR count). The van der Waals surface area contributed by atoms with E-state index >= 15 is 0 Å². The first-order chi connectivity index (χ1) is 12.0. The van der Waals surface area contributed by atoms with Crippen LogP contribution >= 0.6 is 0 Å². The lowest BCUT2D eigenvalue weighted by Crippen LogP contribution is -2.37. The van der Waals surface area contributed by atoms with Crippen molar-refractivity contribution in [3.8, 4) is 11.5 Å². The van der Waals surface area contributed by atoms with E-state index in [1.54, 1.807) is 24.3 Å². The van der Waals surface area contributed by atoms with Gasteiger partial charge >= 0.3 is 0 Å². The molecular formula is C20H18FNO3. The number of ether oxygens (including phenoxy) is 2. The van der Waals surface area contributed by atoms with Crippen molar-refractivity contribution in [1.29, 1.82) is 0 Å². The van der Waals surface area contributed by atoms with Gasteiger partial charge in [0, 0.05) is 12.6 Å². The van der Waals surface area contributed by atoms with E-state index in [1.165, 1.54) is 12.1 Å². The molecule has 0 atom stereocenters. The number of carbonyl (C=O) groups is 1. The molecule has 5 heteroatoms. The zero-order valence-electron chi connectivity index (χ0n) is 14.1. The molecule has 0 amide bonds. The van der Waals surface area contributed by atoms with E-state index in [0.29, 0.717) is 36.2 Å². The summed E-state index contributed by atoms with van der Waals surface area (Å²) in [4.78, 5) is 14.8. The molecule has 0 radical (unpaired) electrons. The predicted octanol–water partition coefficient (Wildman–Crippen LogP) is 4.00. The van der Waals surface area contributed by atoms with Gasteiger partial charge in [-0.2, -0.15) is 0 Å². The fourth-order valence-corrected chi connectivity index (χ4v) is 3.05. The van der Waals surface area contributed by atoms with E-state index in [4.69, 9.17) is 9.47 Å². The van der Waals surface area contributed by atoms with Gasteiger partial charge in [0.05, 0.1) is 11.1 Å². The smallest absolute Gasteiger partial charge is 0.231 e. The molecule has 0 unspecified atom stereocenters. The molecule has 0 fully saturated rings. The predicted molar refractivity (Wildman–Crippen MR) is 92.0 cm³/mol. The number of Topliss-reactive ketones (excluding diaryl/α,β-unsaturated/α-hetero) is 1. The molecule has 2 aromatic carbocycles. The van der Waals surface area contributed by atoms with Crippen LogP contribution in [0.2, 0.25) is 0 Å². The molecule has 0 bridgehead atoms. The molecule has 0 aromatic heterocycles. The van der Waals surface area contributed by atoms with Gasteiger partial charge in [-0.25, -0.2) is 4.39 Å². The minimum absolute atomic E-state index is 0.191. The minimum Gasteiger partial charge on any atom is -0.478 e. The number of nitrogens with zero attached hydrogens (tertiary/aromatic N) is 1. The fraction of sp³-hybridized carbons (Fsp3) is 0.250. The third-order valence-electron chi connectivity index (χ3n) is 4.52. The standard InChI is InChI=1S/C20H18FNO3/c1-12(2)22-10-16-17(24-11-22)7-6-15-19(23)18(25-20(15)16)9-13-4-3-5-14(21)8-13/h3-9,12H,10-11H2,1-2H3/b18-9+. The van der Waals surface area contributed by atoms with Crippen LogP contribution in [0.3, 0.4) is 0 Å². The van der Waals surface area contributed by atoms with Gasteiger partial charge in [-0.15, -0.1) is 0 Å². The van der Waals surface area contributed by atoms with Crippen molar-refractivity contribution in [2.24, 2.45) is 0 Å². The van der Waals surface area contributed by atoms with Gasteiger partial charge in [0.2, 0.25) is 5.78 Å². The Hall–Kier alpha value is -2.66. The Morgan fingerprint density at radius 1 is 1.24 bits per heavy atom. The lowest BCUT2D eigenvalue weighted by molar-refractivity contribution is 0.0674. The maximum Gasteiger partial charge on any atom is 0.231 e. The molecule has 128 valence electrons. The van der Waals surface area contributed by atoms with Crippen LogP contribution in [0.25, 0.3) is 6.08 Å². The van der Waals surface area contributed by atoms with E-state index in [1.807, 2.05) is 6.07 Å². The van der Waals surface area contributed by atoms with Crippen molar-refractivity contribution >= 4 is 11.9 Å². The minimum atomic E-state index is -0.351. The highest BCUT2D eigenvalue weighted by atomic mass is 19.1. The summed E-state index contributed by atoms with van der Waals surface area (Å²) in [5.41, 5.74) is 1.99. The van der Waals surface area contributed by atoms with Gasteiger partial charge in [0.25, 0.3) is 0 Å². The summed E-state index contributed by atoms with van der Waals surface area (Å²) >= 11 is 0. The third kappa shape index (κ3) is 2.81. The first-order valence-corrected chi connectivity index (χ1v) is 8.25. The summed E-state index contributed by atoms with van der Waals surface area (Å²) < 4.78 is 25.0. The van der Waals surface area contributed by atoms with E-state index < -0.39 is 0 Å². The number of carbonyl (C=O) groups excluding carboxylic acids is 1. The molecule has 2 aromatic rings. The lowest BCUT2D eigenvalue weighted by atomic mass is 10.0. The normalized spacial score (nSPS) is 18.1. The number of hydrogen-bond donors (Lipinski definition) is 0. The maximum absolute atomic E-state index is 13.4. The number of ketones is 1. The molecule has 0 N–H and O–H groups in total. The average Bonchev–Trinajstić information content (AvgIpc) is 2.91. The van der Waals surface area contributed by atoms with E-state index in [-0.39, 0.29) is 17.4 Å². The van der Waals surface area contributed by atoms with Crippen molar-refractivity contribution in [3.05, 3.63) is 64.7 Å². The number of benzene rings is 2. The van der Waals surface area contributed by atoms with Gasteiger partial charge in [-0.05, 0) is 49.8 Å². The highest BCUT2D eigenvalue weighted by Crippen LogP contribution is 2.42.